The van der Waals surface area contributed by atoms with Crippen molar-refractivity contribution in [2.75, 3.05) is 5.75 Å². The number of amides is 3. The molecule has 0 radical (unpaired) electrons. The molecule has 2 saturated heterocycles. The van der Waals surface area contributed by atoms with Crippen LogP contribution in [0, 0.1) is 34.0 Å². The van der Waals surface area contributed by atoms with Crippen LogP contribution in [0.4, 0.5) is 4.79 Å². The Bertz CT molecular complexity index is 1800. The van der Waals surface area contributed by atoms with Gasteiger partial charge in [-0.05, 0) is 99.0 Å². The third-order valence-electron chi connectivity index (χ3n) is 15.3. The predicted octanol–water partition coefficient (Wildman–Crippen LogP) is 6.46. The van der Waals surface area contributed by atoms with Crippen molar-refractivity contribution in [1.29, 1.82) is 0 Å². The Hall–Kier alpha value is -3.68. The zero-order valence-electron chi connectivity index (χ0n) is 34.1. The molecule has 0 aromatic carbocycles. The number of carbonyl (C=O) groups excluding carboxylic acids is 5. The van der Waals surface area contributed by atoms with Crippen molar-refractivity contribution in [1.82, 2.24) is 30.9 Å². The lowest BCUT2D eigenvalue weighted by atomic mass is 9.35. The summed E-state index contributed by atoms with van der Waals surface area (Å²) in [5.74, 6) is 0.415. The first-order chi connectivity index (χ1) is 28.0. The van der Waals surface area contributed by atoms with E-state index >= 15 is 0 Å². The zero-order valence-corrected chi connectivity index (χ0v) is 35.0. The Morgan fingerprint density at radius 2 is 1.78 bits per heavy atom. The lowest BCUT2D eigenvalue weighted by Crippen LogP contribution is -2.70. The minimum absolute atomic E-state index is 0.0201. The highest BCUT2D eigenvalue weighted by molar-refractivity contribution is 8.00. The van der Waals surface area contributed by atoms with E-state index in [1.165, 1.54) is 0 Å². The standard InChI is InChI=1S/C44H62N6O7S/c1-28-29-16-19-44(39(28)53)34(23-29)43-18-12-17-42(2,20-22-56-40(43)54)33(43)24-35(44)57-37(52)15-8-6-4-3-5-7-11-21-50-26-30(48-49-50)25-45-36(51)14-10-9-13-32-38-31(27-58-32)46-41(55)47-38/h20,22,26,29,31-35,38H,1,3-19,21,23-25,27H2,2H3,(H,45,51)(H2,46,47,55). The molecule has 13 nitrogen and oxygen atoms in total. The summed E-state index contributed by atoms with van der Waals surface area (Å²) in [4.78, 5) is 65.5. The molecule has 4 heterocycles. The van der Waals surface area contributed by atoms with Crippen molar-refractivity contribution >= 4 is 41.4 Å². The van der Waals surface area contributed by atoms with Crippen LogP contribution in [0.1, 0.15) is 135 Å². The van der Waals surface area contributed by atoms with Crippen LogP contribution >= 0.6 is 11.8 Å². The van der Waals surface area contributed by atoms with Gasteiger partial charge < -0.3 is 25.4 Å². The van der Waals surface area contributed by atoms with E-state index < -0.39 is 16.9 Å². The first-order valence-electron chi connectivity index (χ1n) is 22.2. The summed E-state index contributed by atoms with van der Waals surface area (Å²) < 4.78 is 14.0. The van der Waals surface area contributed by atoms with Gasteiger partial charge in [-0.1, -0.05) is 63.7 Å². The van der Waals surface area contributed by atoms with Gasteiger partial charge in [-0.15, -0.1) is 5.10 Å². The quantitative estimate of drug-likeness (QED) is 0.0647. The van der Waals surface area contributed by atoms with Crippen LogP contribution in [0.3, 0.4) is 0 Å². The molecule has 5 saturated carbocycles. The van der Waals surface area contributed by atoms with Crippen LogP contribution in [-0.2, 0) is 41.7 Å². The summed E-state index contributed by atoms with van der Waals surface area (Å²) in [5.41, 5.74) is -0.466. The number of urea groups is 1. The number of hydrogen-bond acceptors (Lipinski definition) is 10. The molecule has 3 amide bonds. The molecular formula is C44H62N6O7S. The number of nitrogens with one attached hydrogen (secondary N) is 3. The second-order valence-corrected chi connectivity index (χ2v) is 19.9. The molecule has 5 aliphatic carbocycles. The third-order valence-corrected chi connectivity index (χ3v) is 16.8. The summed E-state index contributed by atoms with van der Waals surface area (Å²) in [6.07, 6.45) is 20.9. The summed E-state index contributed by atoms with van der Waals surface area (Å²) in [6.45, 7) is 7.58. The van der Waals surface area contributed by atoms with Gasteiger partial charge in [0.15, 0.2) is 5.78 Å². The average molecular weight is 819 g/mol. The van der Waals surface area contributed by atoms with Crippen LogP contribution < -0.4 is 16.0 Å². The van der Waals surface area contributed by atoms with E-state index in [0.29, 0.717) is 43.1 Å². The van der Waals surface area contributed by atoms with E-state index in [1.54, 1.807) is 6.26 Å². The summed E-state index contributed by atoms with van der Waals surface area (Å²) >= 11 is 1.90. The van der Waals surface area contributed by atoms with Crippen LogP contribution in [0.2, 0.25) is 0 Å². The molecule has 4 bridgehead atoms. The van der Waals surface area contributed by atoms with Gasteiger partial charge in [-0.2, -0.15) is 11.8 Å². The second kappa shape index (κ2) is 17.1. The Labute approximate surface area is 346 Å². The number of allylic oxidation sites excluding steroid dienone is 2. The van der Waals surface area contributed by atoms with E-state index in [4.69, 9.17) is 9.47 Å². The van der Waals surface area contributed by atoms with E-state index in [-0.39, 0.29) is 64.9 Å². The van der Waals surface area contributed by atoms with E-state index in [9.17, 15) is 24.0 Å². The van der Waals surface area contributed by atoms with Gasteiger partial charge in [0.2, 0.25) is 5.91 Å². The highest BCUT2D eigenvalue weighted by Crippen LogP contribution is 2.72. The largest absolute Gasteiger partial charge is 0.461 e. The topological polar surface area (TPSA) is 171 Å². The molecule has 1 spiro atoms. The molecule has 10 atom stereocenters. The van der Waals surface area contributed by atoms with Gasteiger partial charge in [-0.3, -0.25) is 23.9 Å². The van der Waals surface area contributed by atoms with E-state index in [1.807, 2.05) is 22.6 Å². The maximum atomic E-state index is 14.2. The maximum Gasteiger partial charge on any atom is 0.317 e. The highest BCUT2D eigenvalue weighted by atomic mass is 32.2. The average Bonchev–Trinajstić information content (AvgIpc) is 3.92. The second-order valence-electron chi connectivity index (χ2n) is 18.6. The van der Waals surface area contributed by atoms with Gasteiger partial charge in [0, 0.05) is 30.4 Å². The monoisotopic (exact) mass is 818 g/mol. The minimum atomic E-state index is -0.890. The van der Waals surface area contributed by atoms with Crippen LogP contribution in [-0.4, -0.2) is 73.8 Å². The van der Waals surface area contributed by atoms with Gasteiger partial charge in [0.1, 0.15) is 11.8 Å². The molecular weight excluding hydrogens is 757 g/mol. The molecule has 14 heteroatoms. The van der Waals surface area contributed by atoms with Crippen molar-refractivity contribution in [2.45, 2.75) is 165 Å². The van der Waals surface area contributed by atoms with E-state index in [0.717, 1.165) is 114 Å². The Kier molecular flexibility index (Phi) is 12.1. The minimum Gasteiger partial charge on any atom is -0.461 e. The number of fused-ring (bicyclic) bond motifs is 3. The number of hydrogen-bond donors (Lipinski definition) is 3. The molecule has 3 aliphatic heterocycles. The van der Waals surface area contributed by atoms with Crippen LogP contribution in [0.15, 0.2) is 30.7 Å². The number of cyclic esters (lactones) is 1. The van der Waals surface area contributed by atoms with E-state index in [2.05, 4.69) is 45.8 Å². The Morgan fingerprint density at radius 3 is 2.62 bits per heavy atom. The summed E-state index contributed by atoms with van der Waals surface area (Å²) in [5, 5.41) is 17.8. The van der Waals surface area contributed by atoms with Gasteiger partial charge >= 0.3 is 18.0 Å². The number of esters is 2. The molecule has 1 aromatic heterocycles. The third kappa shape index (κ3) is 7.75. The van der Waals surface area contributed by atoms with Crippen molar-refractivity contribution < 1.29 is 33.4 Å². The number of nitrogens with zero attached hydrogens (tertiary/aromatic N) is 3. The van der Waals surface area contributed by atoms with Gasteiger partial charge in [-0.25, -0.2) is 4.79 Å². The maximum absolute atomic E-state index is 14.2. The smallest absolute Gasteiger partial charge is 0.317 e. The van der Waals surface area contributed by atoms with Crippen molar-refractivity contribution in [3.8, 4) is 0 Å². The summed E-state index contributed by atoms with van der Waals surface area (Å²) in [6, 6.07) is 0.375. The molecule has 58 heavy (non-hydrogen) atoms. The van der Waals surface area contributed by atoms with Crippen LogP contribution in [0.5, 0.6) is 0 Å². The number of aryl methyl sites for hydroxylation is 1. The predicted molar refractivity (Wildman–Crippen MR) is 218 cm³/mol. The number of ether oxygens (including phenoxy) is 2. The zero-order chi connectivity index (χ0) is 40.5. The van der Waals surface area contributed by atoms with Crippen molar-refractivity contribution in [2.24, 2.45) is 34.0 Å². The molecule has 9 rings (SSSR count). The fourth-order valence-electron chi connectivity index (χ4n) is 12.3. The van der Waals surface area contributed by atoms with Crippen molar-refractivity contribution in [3.05, 3.63) is 36.4 Å². The summed E-state index contributed by atoms with van der Waals surface area (Å²) in [7, 11) is 0. The first-order valence-corrected chi connectivity index (χ1v) is 23.2. The number of carbonyl (C=O) groups is 5. The molecule has 8 aliphatic rings. The van der Waals surface area contributed by atoms with Gasteiger partial charge in [0.05, 0.1) is 41.9 Å². The Morgan fingerprint density at radius 1 is 0.983 bits per heavy atom. The number of rotatable bonds is 18. The fraction of sp³-hybridized carbons (Fsp3) is 0.750. The van der Waals surface area contributed by atoms with Crippen molar-refractivity contribution in [3.63, 3.8) is 0 Å². The number of Topliss-reactive ketones (excluding diaryl/α,β-unsaturated/α-hetero) is 1. The number of unbranched alkanes of at least 4 members (excludes halogenated alkanes) is 7. The molecule has 3 N–H and O–H groups in total. The number of ketones is 1. The molecule has 7 fully saturated rings. The normalized spacial score (nSPS) is 35.6. The Balaban J connectivity index is 0.707. The molecule has 10 unspecified atom stereocenters. The number of thioether (sulfide) groups is 1. The lowest BCUT2D eigenvalue weighted by molar-refractivity contribution is -0.228. The van der Waals surface area contributed by atoms with Crippen LogP contribution in [0.25, 0.3) is 0 Å². The molecule has 316 valence electrons. The highest BCUT2D eigenvalue weighted by Gasteiger charge is 2.75. The van der Waals surface area contributed by atoms with Gasteiger partial charge in [0.25, 0.3) is 0 Å². The lowest BCUT2D eigenvalue weighted by Gasteiger charge is -2.67. The SMILES string of the molecule is C=C1C(=O)C23CCC1CC2C12CCCC(C)(C=COC1=O)C2CC3OC(=O)CCCCCCCCCn1cc(CNC(=O)CCCCC2SCC3NC(=O)NC32)nn1. The molecule has 1 aromatic rings. The number of aromatic nitrogens is 3. The first kappa shape index (κ1) is 41.1. The fourth-order valence-corrected chi connectivity index (χ4v) is 13.9.